The third kappa shape index (κ3) is 4.78. The Morgan fingerprint density at radius 1 is 1.24 bits per heavy atom. The molecule has 0 bridgehead atoms. The van der Waals surface area contributed by atoms with Crippen molar-refractivity contribution in [2.24, 2.45) is 0 Å². The number of nitrogens with zero attached hydrogens (tertiary/aromatic N) is 1. The lowest BCUT2D eigenvalue weighted by Gasteiger charge is -2.32. The standard InChI is InChI=1S/C20H18F5NO3/c1-11-8-12-10-26(7-6-15(12)19(22)14(11)3-5-18(27)28)17-9-13(2-4-16(17)21)29-20(23,24)25/h2,4,8-9H,3,5-7,10H2,1H3,(H,27,28). The van der Waals surface area contributed by atoms with Crippen LogP contribution in [-0.4, -0.2) is 24.0 Å². The summed E-state index contributed by atoms with van der Waals surface area (Å²) in [5, 5.41) is 8.83. The van der Waals surface area contributed by atoms with Crippen molar-refractivity contribution in [2.75, 3.05) is 11.4 Å². The van der Waals surface area contributed by atoms with E-state index in [0.29, 0.717) is 22.3 Å². The summed E-state index contributed by atoms with van der Waals surface area (Å²) in [5.74, 6) is -2.73. The maximum atomic E-state index is 14.9. The Hall–Kier alpha value is -2.84. The highest BCUT2D eigenvalue weighted by molar-refractivity contribution is 5.67. The van der Waals surface area contributed by atoms with E-state index in [1.54, 1.807) is 13.0 Å². The van der Waals surface area contributed by atoms with Crippen molar-refractivity contribution in [2.45, 2.75) is 39.1 Å². The van der Waals surface area contributed by atoms with Gasteiger partial charge in [0.2, 0.25) is 0 Å². The zero-order chi connectivity index (χ0) is 21.3. The number of halogens is 5. The molecule has 2 aromatic carbocycles. The molecule has 0 unspecified atom stereocenters. The van der Waals surface area contributed by atoms with Crippen LogP contribution in [-0.2, 0) is 24.2 Å². The lowest BCUT2D eigenvalue weighted by Crippen LogP contribution is -2.32. The second-order valence-corrected chi connectivity index (χ2v) is 6.85. The molecule has 1 aliphatic rings. The van der Waals surface area contributed by atoms with Gasteiger partial charge in [0.1, 0.15) is 17.4 Å². The summed E-state index contributed by atoms with van der Waals surface area (Å²) in [7, 11) is 0. The molecular weight excluding hydrogens is 397 g/mol. The van der Waals surface area contributed by atoms with Gasteiger partial charge in [-0.15, -0.1) is 13.2 Å². The van der Waals surface area contributed by atoms with Crippen LogP contribution in [0.15, 0.2) is 24.3 Å². The predicted octanol–water partition coefficient (Wildman–Crippen LogP) is 4.75. The van der Waals surface area contributed by atoms with Crippen LogP contribution in [0.3, 0.4) is 0 Å². The minimum atomic E-state index is -4.89. The van der Waals surface area contributed by atoms with E-state index >= 15 is 0 Å². The first-order valence-corrected chi connectivity index (χ1v) is 8.87. The van der Waals surface area contributed by atoms with E-state index in [4.69, 9.17) is 5.11 Å². The summed E-state index contributed by atoms with van der Waals surface area (Å²) in [4.78, 5) is 12.3. The first kappa shape index (κ1) is 20.9. The first-order valence-electron chi connectivity index (χ1n) is 8.87. The molecule has 0 aliphatic carbocycles. The number of hydrogen-bond acceptors (Lipinski definition) is 3. The predicted molar refractivity (Wildman–Crippen MR) is 94.9 cm³/mol. The molecular formula is C20H18F5NO3. The Bertz CT molecular complexity index is 943. The Labute approximate surface area is 163 Å². The number of carbonyl (C=O) groups is 1. The fourth-order valence-corrected chi connectivity index (χ4v) is 3.55. The van der Waals surface area contributed by atoms with Crippen molar-refractivity contribution < 1.29 is 36.6 Å². The summed E-state index contributed by atoms with van der Waals surface area (Å²) in [6.45, 7) is 1.97. The second-order valence-electron chi connectivity index (χ2n) is 6.85. The number of alkyl halides is 3. The topological polar surface area (TPSA) is 49.8 Å². The minimum Gasteiger partial charge on any atom is -0.481 e. The van der Waals surface area contributed by atoms with Crippen LogP contribution in [0.1, 0.15) is 28.7 Å². The molecule has 0 radical (unpaired) electrons. The summed E-state index contributed by atoms with van der Waals surface area (Å²) in [6.07, 6.45) is -4.81. The fourth-order valence-electron chi connectivity index (χ4n) is 3.55. The molecule has 1 N–H and O–H groups in total. The number of rotatable bonds is 5. The molecule has 3 rings (SSSR count). The van der Waals surface area contributed by atoms with Gasteiger partial charge >= 0.3 is 12.3 Å². The number of carboxylic acid groups (broad SMARTS) is 1. The van der Waals surface area contributed by atoms with Crippen LogP contribution in [0.4, 0.5) is 27.6 Å². The quantitative estimate of drug-likeness (QED) is 0.716. The number of aliphatic carboxylic acids is 1. The van der Waals surface area contributed by atoms with E-state index in [1.807, 2.05) is 0 Å². The molecule has 1 aliphatic heterocycles. The van der Waals surface area contributed by atoms with Gasteiger partial charge in [0.15, 0.2) is 0 Å². The van der Waals surface area contributed by atoms with Gasteiger partial charge in [0, 0.05) is 25.6 Å². The molecule has 4 nitrogen and oxygen atoms in total. The highest BCUT2D eigenvalue weighted by Gasteiger charge is 2.32. The molecule has 2 aromatic rings. The maximum Gasteiger partial charge on any atom is 0.573 e. The van der Waals surface area contributed by atoms with Gasteiger partial charge in [-0.3, -0.25) is 4.79 Å². The highest BCUT2D eigenvalue weighted by Crippen LogP contribution is 2.34. The zero-order valence-electron chi connectivity index (χ0n) is 15.4. The number of hydrogen-bond donors (Lipinski definition) is 1. The van der Waals surface area contributed by atoms with Crippen LogP contribution in [0.5, 0.6) is 5.75 Å². The fraction of sp³-hybridized carbons (Fsp3) is 0.350. The van der Waals surface area contributed by atoms with Crippen LogP contribution in [0, 0.1) is 18.6 Å². The third-order valence-corrected chi connectivity index (χ3v) is 4.86. The summed E-state index contributed by atoms with van der Waals surface area (Å²) in [6, 6.07) is 4.48. The average Bonchev–Trinajstić information content (AvgIpc) is 2.61. The van der Waals surface area contributed by atoms with Gasteiger partial charge in [-0.05, 0) is 54.2 Å². The van der Waals surface area contributed by atoms with E-state index in [0.717, 1.165) is 18.2 Å². The molecule has 29 heavy (non-hydrogen) atoms. The molecule has 0 saturated carbocycles. The molecule has 0 fully saturated rings. The molecule has 0 saturated heterocycles. The van der Waals surface area contributed by atoms with Crippen molar-refractivity contribution in [3.8, 4) is 5.75 Å². The van der Waals surface area contributed by atoms with Crippen molar-refractivity contribution >= 4 is 11.7 Å². The van der Waals surface area contributed by atoms with Crippen LogP contribution in [0.25, 0.3) is 0 Å². The number of carboxylic acids is 1. The molecule has 1 heterocycles. The number of aryl methyl sites for hydroxylation is 1. The number of ether oxygens (including phenoxy) is 1. The second kappa shape index (κ2) is 7.88. The van der Waals surface area contributed by atoms with Gasteiger partial charge < -0.3 is 14.7 Å². The minimum absolute atomic E-state index is 0.0644. The highest BCUT2D eigenvalue weighted by atomic mass is 19.4. The normalized spacial score (nSPS) is 13.9. The monoisotopic (exact) mass is 415 g/mol. The zero-order valence-corrected chi connectivity index (χ0v) is 15.4. The largest absolute Gasteiger partial charge is 0.573 e. The van der Waals surface area contributed by atoms with Gasteiger partial charge in [-0.2, -0.15) is 0 Å². The van der Waals surface area contributed by atoms with Crippen LogP contribution < -0.4 is 9.64 Å². The van der Waals surface area contributed by atoms with Crippen LogP contribution >= 0.6 is 0 Å². The SMILES string of the molecule is Cc1cc2c(c(F)c1CCC(=O)O)CCN(c1cc(OC(F)(F)F)ccc1F)C2. The molecule has 0 spiro atoms. The van der Waals surface area contributed by atoms with Gasteiger partial charge in [-0.25, -0.2) is 8.78 Å². The molecule has 0 amide bonds. The Kier molecular flexibility index (Phi) is 5.68. The average molecular weight is 415 g/mol. The van der Waals surface area contributed by atoms with E-state index in [1.165, 1.54) is 4.90 Å². The van der Waals surface area contributed by atoms with E-state index < -0.39 is 29.7 Å². The summed E-state index contributed by atoms with van der Waals surface area (Å²) < 4.78 is 70.3. The van der Waals surface area contributed by atoms with Gasteiger partial charge in [0.05, 0.1) is 5.69 Å². The van der Waals surface area contributed by atoms with E-state index in [2.05, 4.69) is 4.74 Å². The van der Waals surface area contributed by atoms with Crippen molar-refractivity contribution in [1.82, 2.24) is 0 Å². The molecule has 156 valence electrons. The molecule has 0 aromatic heterocycles. The van der Waals surface area contributed by atoms with Gasteiger partial charge in [0.25, 0.3) is 0 Å². The number of benzene rings is 2. The lowest BCUT2D eigenvalue weighted by atomic mass is 9.91. The van der Waals surface area contributed by atoms with Crippen molar-refractivity contribution in [3.63, 3.8) is 0 Å². The molecule has 9 heteroatoms. The summed E-state index contributed by atoms with van der Waals surface area (Å²) >= 11 is 0. The Balaban J connectivity index is 1.88. The van der Waals surface area contributed by atoms with E-state index in [9.17, 15) is 26.7 Å². The Morgan fingerprint density at radius 2 is 1.97 bits per heavy atom. The smallest absolute Gasteiger partial charge is 0.481 e. The number of anilines is 1. The molecule has 0 atom stereocenters. The maximum absolute atomic E-state index is 14.9. The van der Waals surface area contributed by atoms with Gasteiger partial charge in [-0.1, -0.05) is 6.07 Å². The first-order chi connectivity index (χ1) is 13.5. The Morgan fingerprint density at radius 3 is 2.62 bits per heavy atom. The summed E-state index contributed by atoms with van der Waals surface area (Å²) in [5.41, 5.74) is 1.87. The van der Waals surface area contributed by atoms with E-state index in [-0.39, 0.29) is 38.0 Å². The van der Waals surface area contributed by atoms with Crippen molar-refractivity contribution in [1.29, 1.82) is 0 Å². The lowest BCUT2D eigenvalue weighted by molar-refractivity contribution is -0.274. The third-order valence-electron chi connectivity index (χ3n) is 4.86. The number of fused-ring (bicyclic) bond motifs is 1. The van der Waals surface area contributed by atoms with Crippen LogP contribution in [0.2, 0.25) is 0 Å². The van der Waals surface area contributed by atoms with Crippen molar-refractivity contribution in [3.05, 3.63) is 58.2 Å².